The van der Waals surface area contributed by atoms with Crippen molar-refractivity contribution in [2.75, 3.05) is 0 Å². The molecule has 0 spiro atoms. The maximum atomic E-state index is 9.62. The molecular formula is C38H26N4. The van der Waals surface area contributed by atoms with Crippen LogP contribution in [0.4, 0.5) is 0 Å². The highest BCUT2D eigenvalue weighted by Gasteiger charge is 2.24. The number of rotatable bonds is 5. The molecular weight excluding hydrogens is 512 g/mol. The van der Waals surface area contributed by atoms with E-state index in [4.69, 9.17) is 9.98 Å². The smallest absolute Gasteiger partial charge is 0.160 e. The summed E-state index contributed by atoms with van der Waals surface area (Å²) in [5.74, 6) is 1.48. The van der Waals surface area contributed by atoms with E-state index in [1.807, 2.05) is 60.7 Å². The Kier molecular flexibility index (Phi) is 6.60. The number of fused-ring (bicyclic) bond motifs is 1. The Morgan fingerprint density at radius 3 is 1.98 bits per heavy atom. The Labute approximate surface area is 245 Å². The van der Waals surface area contributed by atoms with Gasteiger partial charge >= 0.3 is 0 Å². The van der Waals surface area contributed by atoms with E-state index in [0.717, 1.165) is 55.6 Å². The third-order valence-electron chi connectivity index (χ3n) is 7.61. The van der Waals surface area contributed by atoms with E-state index in [2.05, 4.69) is 96.3 Å². The zero-order valence-electron chi connectivity index (χ0n) is 22.8. The molecule has 0 radical (unpaired) electrons. The van der Waals surface area contributed by atoms with Gasteiger partial charge in [-0.1, -0.05) is 140 Å². The van der Waals surface area contributed by atoms with Crippen LogP contribution in [0.2, 0.25) is 0 Å². The van der Waals surface area contributed by atoms with Crippen molar-refractivity contribution in [2.24, 2.45) is 9.98 Å². The van der Waals surface area contributed by atoms with Gasteiger partial charge in [0.05, 0.1) is 11.6 Å². The molecule has 0 bridgehead atoms. The summed E-state index contributed by atoms with van der Waals surface area (Å²) in [6.07, 6.45) is -0.286. The van der Waals surface area contributed by atoms with Crippen LogP contribution in [0.3, 0.4) is 0 Å². The zero-order chi connectivity index (χ0) is 28.3. The van der Waals surface area contributed by atoms with Gasteiger partial charge in [-0.25, -0.2) is 9.98 Å². The summed E-state index contributed by atoms with van der Waals surface area (Å²) in [7, 11) is 0. The highest BCUT2D eigenvalue weighted by atomic mass is 15.2. The second kappa shape index (κ2) is 11.0. The van der Waals surface area contributed by atoms with Crippen LogP contribution in [-0.4, -0.2) is 11.7 Å². The van der Waals surface area contributed by atoms with Crippen molar-refractivity contribution in [1.29, 1.82) is 5.26 Å². The predicted molar refractivity (Wildman–Crippen MR) is 171 cm³/mol. The van der Waals surface area contributed by atoms with E-state index >= 15 is 0 Å². The van der Waals surface area contributed by atoms with Crippen LogP contribution < -0.4 is 5.32 Å². The largest absolute Gasteiger partial charge is 0.344 e. The Morgan fingerprint density at radius 1 is 0.571 bits per heavy atom. The van der Waals surface area contributed by atoms with Crippen LogP contribution in [0.1, 0.15) is 28.4 Å². The maximum Gasteiger partial charge on any atom is 0.160 e. The van der Waals surface area contributed by atoms with E-state index in [-0.39, 0.29) is 6.17 Å². The average molecular weight is 539 g/mol. The van der Waals surface area contributed by atoms with Gasteiger partial charge in [0.15, 0.2) is 5.84 Å². The Morgan fingerprint density at radius 2 is 1.21 bits per heavy atom. The second-order valence-electron chi connectivity index (χ2n) is 10.2. The minimum absolute atomic E-state index is 0.286. The van der Waals surface area contributed by atoms with Gasteiger partial charge in [0.2, 0.25) is 0 Å². The first-order valence-electron chi connectivity index (χ1n) is 13.9. The van der Waals surface area contributed by atoms with Gasteiger partial charge in [-0.15, -0.1) is 0 Å². The number of aliphatic imine (C=N–C) groups is 2. The number of nitriles is 1. The van der Waals surface area contributed by atoms with E-state index < -0.39 is 0 Å². The monoisotopic (exact) mass is 538 g/mol. The van der Waals surface area contributed by atoms with Crippen LogP contribution in [0, 0.1) is 11.3 Å². The summed E-state index contributed by atoms with van der Waals surface area (Å²) >= 11 is 0. The van der Waals surface area contributed by atoms with Gasteiger partial charge in [0.1, 0.15) is 12.0 Å². The summed E-state index contributed by atoms with van der Waals surface area (Å²) in [5, 5.41) is 15.4. The molecule has 0 amide bonds. The Balaban J connectivity index is 1.41. The topological polar surface area (TPSA) is 60.5 Å². The molecule has 1 aliphatic rings. The van der Waals surface area contributed by atoms with Gasteiger partial charge in [-0.05, 0) is 44.7 Å². The lowest BCUT2D eigenvalue weighted by atomic mass is 9.91. The van der Waals surface area contributed by atoms with Gasteiger partial charge in [0, 0.05) is 11.1 Å². The van der Waals surface area contributed by atoms with Crippen LogP contribution in [0.5, 0.6) is 0 Å². The van der Waals surface area contributed by atoms with Crippen molar-refractivity contribution in [3.8, 4) is 28.3 Å². The number of benzene rings is 6. The van der Waals surface area contributed by atoms with Crippen molar-refractivity contribution in [2.45, 2.75) is 6.17 Å². The molecule has 6 aromatic rings. The normalized spacial score (nSPS) is 14.4. The first-order chi connectivity index (χ1) is 20.8. The number of nitrogens with zero attached hydrogens (tertiary/aromatic N) is 3. The fraction of sp³-hybridized carbons (Fsp3) is 0.0263. The highest BCUT2D eigenvalue weighted by molar-refractivity contribution is 6.20. The summed E-state index contributed by atoms with van der Waals surface area (Å²) < 4.78 is 0. The third-order valence-corrected chi connectivity index (χ3v) is 7.61. The van der Waals surface area contributed by atoms with Gasteiger partial charge in [0.25, 0.3) is 0 Å². The SMILES string of the molecule is N#Cc1ccccc1-c1ccc(-c2ccc3ccccc3c2C2=NC(c3ccccc3)NC(c3ccccc3)=N2)cc1. The van der Waals surface area contributed by atoms with E-state index in [1.54, 1.807) is 0 Å². The van der Waals surface area contributed by atoms with Crippen molar-refractivity contribution in [3.05, 3.63) is 168 Å². The highest BCUT2D eigenvalue weighted by Crippen LogP contribution is 2.35. The standard InChI is InChI=1S/C38H26N4/c39-25-31-16-8-9-17-32(31)27-19-21-28(22-20-27)34-24-23-26-11-7-10-18-33(26)35(34)38-41-36(29-12-3-1-4-13-29)40-37(42-38)30-14-5-2-6-15-30/h1-24,36H,(H,40,41,42). The Bertz CT molecular complexity index is 2000. The van der Waals surface area contributed by atoms with Crippen LogP contribution in [-0.2, 0) is 0 Å². The molecule has 7 rings (SSSR count). The summed E-state index contributed by atoms with van der Waals surface area (Å²) in [5.41, 5.74) is 7.78. The average Bonchev–Trinajstić information content (AvgIpc) is 3.08. The molecule has 4 heteroatoms. The summed E-state index contributed by atoms with van der Waals surface area (Å²) in [6, 6.07) is 51.6. The zero-order valence-corrected chi connectivity index (χ0v) is 22.8. The van der Waals surface area contributed by atoms with E-state index in [0.29, 0.717) is 11.4 Å². The molecule has 0 aromatic heterocycles. The van der Waals surface area contributed by atoms with Crippen LogP contribution >= 0.6 is 0 Å². The van der Waals surface area contributed by atoms with Gasteiger partial charge in [-0.2, -0.15) is 5.26 Å². The first kappa shape index (κ1) is 25.2. The first-order valence-corrected chi connectivity index (χ1v) is 13.9. The van der Waals surface area contributed by atoms with Crippen LogP contribution in [0.15, 0.2) is 156 Å². The lowest BCUT2D eigenvalue weighted by molar-refractivity contribution is 0.674. The fourth-order valence-corrected chi connectivity index (χ4v) is 5.52. The molecule has 0 aliphatic carbocycles. The minimum atomic E-state index is -0.286. The van der Waals surface area contributed by atoms with Crippen molar-refractivity contribution in [3.63, 3.8) is 0 Å². The molecule has 42 heavy (non-hydrogen) atoms. The van der Waals surface area contributed by atoms with Crippen LogP contribution in [0.25, 0.3) is 33.0 Å². The molecule has 4 nitrogen and oxygen atoms in total. The molecule has 0 saturated heterocycles. The fourth-order valence-electron chi connectivity index (χ4n) is 5.52. The second-order valence-corrected chi connectivity index (χ2v) is 10.2. The summed E-state index contributed by atoms with van der Waals surface area (Å²) in [4.78, 5) is 10.3. The lowest BCUT2D eigenvalue weighted by Gasteiger charge is -2.25. The lowest BCUT2D eigenvalue weighted by Crippen LogP contribution is -2.33. The number of amidine groups is 2. The van der Waals surface area contributed by atoms with Crippen molar-refractivity contribution < 1.29 is 0 Å². The molecule has 0 saturated carbocycles. The number of hydrogen-bond acceptors (Lipinski definition) is 4. The molecule has 6 aromatic carbocycles. The van der Waals surface area contributed by atoms with Crippen molar-refractivity contribution in [1.82, 2.24) is 5.32 Å². The molecule has 1 aliphatic heterocycles. The molecule has 1 N–H and O–H groups in total. The molecule has 0 fully saturated rings. The number of nitrogens with one attached hydrogen (secondary N) is 1. The summed E-state index contributed by atoms with van der Waals surface area (Å²) in [6.45, 7) is 0. The number of hydrogen-bond donors (Lipinski definition) is 1. The van der Waals surface area contributed by atoms with Crippen molar-refractivity contribution >= 4 is 22.4 Å². The minimum Gasteiger partial charge on any atom is -0.344 e. The molecule has 1 atom stereocenters. The van der Waals surface area contributed by atoms with E-state index in [1.165, 1.54) is 0 Å². The predicted octanol–water partition coefficient (Wildman–Crippen LogP) is 8.54. The molecule has 198 valence electrons. The molecule has 1 unspecified atom stereocenters. The van der Waals surface area contributed by atoms with Gasteiger partial charge in [-0.3, -0.25) is 0 Å². The van der Waals surface area contributed by atoms with E-state index in [9.17, 15) is 5.26 Å². The van der Waals surface area contributed by atoms with Gasteiger partial charge < -0.3 is 5.32 Å². The third kappa shape index (κ3) is 4.74. The quantitative estimate of drug-likeness (QED) is 0.239. The Hall–Kier alpha value is -5.79. The molecule has 1 heterocycles. The maximum absolute atomic E-state index is 9.62.